The second-order valence-corrected chi connectivity index (χ2v) is 4.61. The third-order valence-electron chi connectivity index (χ3n) is 3.33. The predicted molar refractivity (Wildman–Crippen MR) is 104 cm³/mol. The van der Waals surface area contributed by atoms with E-state index in [2.05, 4.69) is 6.58 Å². The lowest BCUT2D eigenvalue weighted by atomic mass is 9.92. The van der Waals surface area contributed by atoms with Crippen LogP contribution in [0.2, 0.25) is 0 Å². The van der Waals surface area contributed by atoms with Crippen LogP contribution in [-0.2, 0) is 0 Å². The molecule has 0 heterocycles. The number of ketones is 1. The van der Waals surface area contributed by atoms with Gasteiger partial charge >= 0.3 is 0 Å². The van der Waals surface area contributed by atoms with Crippen molar-refractivity contribution < 1.29 is 9.53 Å². The number of carbonyl (C=O) groups is 1. The summed E-state index contributed by atoms with van der Waals surface area (Å²) in [5.41, 5.74) is 1.82. The Hall–Kier alpha value is -2.35. The summed E-state index contributed by atoms with van der Waals surface area (Å²) >= 11 is 0. The zero-order valence-electron chi connectivity index (χ0n) is 15.6. The number of benzene rings is 2. The van der Waals surface area contributed by atoms with Crippen LogP contribution in [0.1, 0.15) is 56.0 Å². The molecule has 1 unspecified atom stereocenters. The van der Waals surface area contributed by atoms with Gasteiger partial charge < -0.3 is 4.74 Å². The molecule has 0 bridgehead atoms. The van der Waals surface area contributed by atoms with Crippen molar-refractivity contribution in [2.75, 3.05) is 7.11 Å². The first kappa shape index (κ1) is 21.7. The summed E-state index contributed by atoms with van der Waals surface area (Å²) < 4.78 is 5.09. The first-order chi connectivity index (χ1) is 11.7. The average molecular weight is 326 g/mol. The number of hydrogen-bond donors (Lipinski definition) is 0. The van der Waals surface area contributed by atoms with Crippen LogP contribution in [0.5, 0.6) is 5.75 Å². The maximum Gasteiger partial charge on any atom is 0.163 e. The third kappa shape index (κ3) is 6.82. The molecule has 0 saturated heterocycles. The summed E-state index contributed by atoms with van der Waals surface area (Å²) in [6.07, 6.45) is 2.26. The Kier molecular flexibility index (Phi) is 11.8. The first-order valence-electron chi connectivity index (χ1n) is 8.59. The maximum absolute atomic E-state index is 12.3. The maximum atomic E-state index is 12.3. The van der Waals surface area contributed by atoms with Crippen molar-refractivity contribution in [1.82, 2.24) is 0 Å². The van der Waals surface area contributed by atoms with E-state index in [0.717, 1.165) is 11.3 Å². The second-order valence-electron chi connectivity index (χ2n) is 4.61. The molecule has 0 N–H and O–H groups in total. The van der Waals surface area contributed by atoms with Crippen molar-refractivity contribution in [1.29, 1.82) is 0 Å². The fourth-order valence-corrected chi connectivity index (χ4v) is 2.13. The molecule has 2 rings (SSSR count). The molecule has 1 atom stereocenters. The number of carbonyl (C=O) groups excluding carboxylic acids is 1. The van der Waals surface area contributed by atoms with E-state index in [4.69, 9.17) is 4.74 Å². The molecule has 0 aliphatic heterocycles. The number of rotatable bonds is 6. The number of hydrogen-bond acceptors (Lipinski definition) is 2. The molecule has 2 heteroatoms. The zero-order valence-corrected chi connectivity index (χ0v) is 15.6. The van der Waals surface area contributed by atoms with Crippen molar-refractivity contribution in [2.24, 2.45) is 0 Å². The normalized spacial score (nSPS) is 10.2. The molecule has 0 spiro atoms. The lowest BCUT2D eigenvalue weighted by molar-refractivity contribution is 0.0978. The molecule has 0 aliphatic carbocycles. The van der Waals surface area contributed by atoms with Crippen molar-refractivity contribution in [2.45, 2.75) is 40.0 Å². The van der Waals surface area contributed by atoms with Gasteiger partial charge in [0.1, 0.15) is 5.75 Å². The summed E-state index contributed by atoms with van der Waals surface area (Å²) in [6.45, 7) is 11.8. The summed E-state index contributed by atoms with van der Waals surface area (Å²) in [7, 11) is 1.61. The Morgan fingerprint density at radius 2 is 1.54 bits per heavy atom. The highest BCUT2D eigenvalue weighted by atomic mass is 16.5. The Morgan fingerprint density at radius 1 is 1.00 bits per heavy atom. The molecule has 130 valence electrons. The van der Waals surface area contributed by atoms with Gasteiger partial charge in [0.25, 0.3) is 0 Å². The topological polar surface area (TPSA) is 26.3 Å². The molecule has 24 heavy (non-hydrogen) atoms. The number of Topliss-reactive ketones (excluding diaryl/α,β-unsaturated/α-hetero) is 1. The first-order valence-corrected chi connectivity index (χ1v) is 8.59. The second kappa shape index (κ2) is 13.1. The Balaban J connectivity index is 0.00000123. The third-order valence-corrected chi connectivity index (χ3v) is 3.33. The molecule has 2 aromatic rings. The van der Waals surface area contributed by atoms with Crippen LogP contribution < -0.4 is 4.74 Å². The average Bonchev–Trinajstić information content (AvgIpc) is 2.69. The van der Waals surface area contributed by atoms with E-state index in [1.165, 1.54) is 0 Å². The van der Waals surface area contributed by atoms with E-state index in [-0.39, 0.29) is 11.7 Å². The van der Waals surface area contributed by atoms with E-state index < -0.39 is 0 Å². The Morgan fingerprint density at radius 3 is 2.00 bits per heavy atom. The van der Waals surface area contributed by atoms with Crippen LogP contribution in [-0.4, -0.2) is 12.9 Å². The monoisotopic (exact) mass is 326 g/mol. The van der Waals surface area contributed by atoms with E-state index in [0.29, 0.717) is 12.0 Å². The highest BCUT2D eigenvalue weighted by molar-refractivity contribution is 5.96. The minimum absolute atomic E-state index is 0.0470. The standard InChI is InChI=1S/C18H18O2.2C2H6/c1-3-14(15-7-5-4-6-8-15)13-18(19)16-9-11-17(20-2)12-10-16;2*1-2/h3-12,14H,1,13H2,2H3;2*1-2H3. The minimum Gasteiger partial charge on any atom is -0.497 e. The van der Waals surface area contributed by atoms with Gasteiger partial charge in [0.05, 0.1) is 7.11 Å². The van der Waals surface area contributed by atoms with Crippen LogP contribution in [0.25, 0.3) is 0 Å². The number of allylic oxidation sites excluding steroid dienone is 1. The fraction of sp³-hybridized carbons (Fsp3) is 0.318. The Bertz CT molecular complexity index is 571. The molecule has 2 nitrogen and oxygen atoms in total. The molecule has 0 saturated carbocycles. The van der Waals surface area contributed by atoms with E-state index in [1.807, 2.05) is 64.1 Å². The molecular weight excluding hydrogens is 296 g/mol. The smallest absolute Gasteiger partial charge is 0.163 e. The summed E-state index contributed by atoms with van der Waals surface area (Å²) in [5, 5.41) is 0. The van der Waals surface area contributed by atoms with Gasteiger partial charge in [0.15, 0.2) is 5.78 Å². The number of ether oxygens (including phenoxy) is 1. The lowest BCUT2D eigenvalue weighted by Gasteiger charge is -2.12. The van der Waals surface area contributed by atoms with Crippen LogP contribution in [0.15, 0.2) is 67.3 Å². The van der Waals surface area contributed by atoms with Gasteiger partial charge in [-0.05, 0) is 29.8 Å². The number of methoxy groups -OCH3 is 1. The van der Waals surface area contributed by atoms with Crippen molar-refractivity contribution >= 4 is 5.78 Å². The summed E-state index contributed by atoms with van der Waals surface area (Å²) in [5.74, 6) is 0.914. The van der Waals surface area contributed by atoms with Gasteiger partial charge in [-0.3, -0.25) is 4.79 Å². The van der Waals surface area contributed by atoms with Crippen LogP contribution in [0, 0.1) is 0 Å². The SMILES string of the molecule is C=CC(CC(=O)c1ccc(OC)cc1)c1ccccc1.CC.CC. The quantitative estimate of drug-likeness (QED) is 0.460. The van der Waals surface area contributed by atoms with Crippen molar-refractivity contribution in [3.63, 3.8) is 0 Å². The van der Waals surface area contributed by atoms with Gasteiger partial charge in [0.2, 0.25) is 0 Å². The van der Waals surface area contributed by atoms with E-state index >= 15 is 0 Å². The molecular formula is C22H30O2. The van der Waals surface area contributed by atoms with Crippen LogP contribution >= 0.6 is 0 Å². The van der Waals surface area contributed by atoms with E-state index in [9.17, 15) is 4.79 Å². The highest BCUT2D eigenvalue weighted by Gasteiger charge is 2.14. The van der Waals surface area contributed by atoms with Gasteiger partial charge in [-0.1, -0.05) is 64.1 Å². The molecule has 2 aromatic carbocycles. The Labute approximate surface area is 147 Å². The molecule has 0 aromatic heterocycles. The highest BCUT2D eigenvalue weighted by Crippen LogP contribution is 2.23. The minimum atomic E-state index is 0.0470. The molecule has 0 radical (unpaired) electrons. The molecule has 0 aliphatic rings. The zero-order chi connectivity index (χ0) is 18.4. The van der Waals surface area contributed by atoms with Gasteiger partial charge in [-0.15, -0.1) is 6.58 Å². The van der Waals surface area contributed by atoms with Crippen molar-refractivity contribution in [3.8, 4) is 5.75 Å². The van der Waals surface area contributed by atoms with Gasteiger partial charge in [-0.25, -0.2) is 0 Å². The van der Waals surface area contributed by atoms with Crippen LogP contribution in [0.4, 0.5) is 0 Å². The van der Waals surface area contributed by atoms with Gasteiger partial charge in [0, 0.05) is 17.9 Å². The lowest BCUT2D eigenvalue weighted by Crippen LogP contribution is -2.05. The summed E-state index contributed by atoms with van der Waals surface area (Å²) in [6, 6.07) is 17.2. The fourth-order valence-electron chi connectivity index (χ4n) is 2.13. The predicted octanol–water partition coefficient (Wildman–Crippen LogP) is 6.29. The van der Waals surface area contributed by atoms with Gasteiger partial charge in [-0.2, -0.15) is 0 Å². The molecule has 0 fully saturated rings. The largest absolute Gasteiger partial charge is 0.497 e. The van der Waals surface area contributed by atoms with E-state index in [1.54, 1.807) is 31.4 Å². The van der Waals surface area contributed by atoms with Crippen molar-refractivity contribution in [3.05, 3.63) is 78.4 Å². The van der Waals surface area contributed by atoms with Crippen LogP contribution in [0.3, 0.4) is 0 Å². The molecule has 0 amide bonds. The summed E-state index contributed by atoms with van der Waals surface area (Å²) in [4.78, 5) is 12.3.